The van der Waals surface area contributed by atoms with Crippen molar-refractivity contribution in [1.82, 2.24) is 4.90 Å². The smallest absolute Gasteiger partial charge is 0.310 e. The summed E-state index contributed by atoms with van der Waals surface area (Å²) >= 11 is 0. The summed E-state index contributed by atoms with van der Waals surface area (Å²) in [6.45, 7) is 5.41. The van der Waals surface area contributed by atoms with E-state index in [9.17, 15) is 14.4 Å². The van der Waals surface area contributed by atoms with Crippen LogP contribution in [0.1, 0.15) is 38.7 Å². The van der Waals surface area contributed by atoms with Gasteiger partial charge in [-0.3, -0.25) is 19.3 Å². The van der Waals surface area contributed by atoms with E-state index in [0.717, 1.165) is 31.4 Å². The highest BCUT2D eigenvalue weighted by molar-refractivity contribution is 6.22. The molecule has 140 valence electrons. The number of rotatable bonds is 5. The van der Waals surface area contributed by atoms with E-state index < -0.39 is 6.04 Å². The number of carbonyl (C=O) groups is 3. The number of imide groups is 1. The van der Waals surface area contributed by atoms with Crippen molar-refractivity contribution in [2.75, 3.05) is 24.6 Å². The van der Waals surface area contributed by atoms with Gasteiger partial charge in [-0.2, -0.15) is 0 Å². The van der Waals surface area contributed by atoms with E-state index in [-0.39, 0.29) is 30.1 Å². The molecule has 0 aromatic heterocycles. The number of hydrogen-bond acceptors (Lipinski definition) is 5. The molecule has 6 nitrogen and oxygen atoms in total. The number of benzene rings is 1. The average Bonchev–Trinajstić information content (AvgIpc) is 2.96. The van der Waals surface area contributed by atoms with Crippen LogP contribution >= 0.6 is 0 Å². The lowest BCUT2D eigenvalue weighted by Crippen LogP contribution is -2.48. The quantitative estimate of drug-likeness (QED) is 0.596. The fourth-order valence-electron chi connectivity index (χ4n) is 3.80. The third-order valence-corrected chi connectivity index (χ3v) is 5.24. The van der Waals surface area contributed by atoms with Gasteiger partial charge >= 0.3 is 5.97 Å². The number of piperidine rings is 1. The molecule has 0 bridgehead atoms. The molecule has 26 heavy (non-hydrogen) atoms. The monoisotopic (exact) mass is 358 g/mol. The number of amides is 2. The zero-order valence-electron chi connectivity index (χ0n) is 15.4. The van der Waals surface area contributed by atoms with Crippen LogP contribution in [0.25, 0.3) is 0 Å². The summed E-state index contributed by atoms with van der Waals surface area (Å²) in [5.74, 6) is -0.795. The minimum Gasteiger partial charge on any atom is -0.466 e. The molecule has 2 saturated heterocycles. The Kier molecular flexibility index (Phi) is 5.71. The molecule has 2 fully saturated rings. The first kappa shape index (κ1) is 18.6. The van der Waals surface area contributed by atoms with Gasteiger partial charge in [0.05, 0.1) is 30.7 Å². The summed E-state index contributed by atoms with van der Waals surface area (Å²) < 4.78 is 5.12. The second-order valence-corrected chi connectivity index (χ2v) is 6.89. The summed E-state index contributed by atoms with van der Waals surface area (Å²) in [5.41, 5.74) is 1.79. The van der Waals surface area contributed by atoms with Crippen LogP contribution in [-0.4, -0.2) is 48.4 Å². The topological polar surface area (TPSA) is 66.9 Å². The van der Waals surface area contributed by atoms with Gasteiger partial charge in [0, 0.05) is 6.54 Å². The van der Waals surface area contributed by atoms with Crippen molar-refractivity contribution in [2.45, 2.75) is 45.6 Å². The number of aryl methyl sites for hydroxylation is 1. The highest BCUT2D eigenvalue weighted by Gasteiger charge is 2.44. The first-order valence-electron chi connectivity index (χ1n) is 9.41. The van der Waals surface area contributed by atoms with Crippen molar-refractivity contribution in [3.05, 3.63) is 29.8 Å². The van der Waals surface area contributed by atoms with E-state index in [2.05, 4.69) is 6.92 Å². The van der Waals surface area contributed by atoms with Gasteiger partial charge in [-0.15, -0.1) is 0 Å². The predicted octanol–water partition coefficient (Wildman–Crippen LogP) is 2.16. The Morgan fingerprint density at radius 1 is 1.19 bits per heavy atom. The minimum atomic E-state index is -0.481. The molecule has 0 radical (unpaired) electrons. The second-order valence-electron chi connectivity index (χ2n) is 6.89. The third kappa shape index (κ3) is 3.65. The zero-order valence-corrected chi connectivity index (χ0v) is 15.4. The lowest BCUT2D eigenvalue weighted by atomic mass is 9.96. The van der Waals surface area contributed by atoms with Gasteiger partial charge in [0.15, 0.2) is 0 Å². The third-order valence-electron chi connectivity index (χ3n) is 5.24. The molecule has 2 amide bonds. The van der Waals surface area contributed by atoms with E-state index in [4.69, 9.17) is 4.74 Å². The summed E-state index contributed by atoms with van der Waals surface area (Å²) in [6.07, 6.45) is 2.68. The van der Waals surface area contributed by atoms with Crippen molar-refractivity contribution in [1.29, 1.82) is 0 Å². The van der Waals surface area contributed by atoms with Crippen LogP contribution in [0.3, 0.4) is 0 Å². The van der Waals surface area contributed by atoms with E-state index >= 15 is 0 Å². The summed E-state index contributed by atoms with van der Waals surface area (Å²) in [6, 6.07) is 7.07. The summed E-state index contributed by atoms with van der Waals surface area (Å²) in [5, 5.41) is 0. The first-order valence-corrected chi connectivity index (χ1v) is 9.41. The Balaban J connectivity index is 1.72. The highest BCUT2D eigenvalue weighted by atomic mass is 16.5. The number of ether oxygens (including phenoxy) is 1. The number of carbonyl (C=O) groups excluding carboxylic acids is 3. The molecule has 0 unspecified atom stereocenters. The second kappa shape index (κ2) is 7.99. The fraction of sp³-hybridized carbons (Fsp3) is 0.550. The SMILES string of the molecule is CCOC(=O)[C@H]1CCCN([C@@H]2CC(=O)N(c3ccc(CC)cc3)C2=O)C1. The van der Waals surface area contributed by atoms with Gasteiger partial charge < -0.3 is 4.74 Å². The molecule has 6 heteroatoms. The van der Waals surface area contributed by atoms with Crippen LogP contribution in [0.15, 0.2) is 24.3 Å². The fourth-order valence-corrected chi connectivity index (χ4v) is 3.80. The van der Waals surface area contributed by atoms with E-state index in [0.29, 0.717) is 18.8 Å². The van der Waals surface area contributed by atoms with Crippen molar-refractivity contribution < 1.29 is 19.1 Å². The van der Waals surface area contributed by atoms with Crippen molar-refractivity contribution in [3.63, 3.8) is 0 Å². The summed E-state index contributed by atoms with van der Waals surface area (Å²) in [7, 11) is 0. The normalized spacial score (nSPS) is 24.2. The van der Waals surface area contributed by atoms with Gasteiger partial charge in [-0.1, -0.05) is 19.1 Å². The molecule has 0 saturated carbocycles. The minimum absolute atomic E-state index is 0.171. The Bertz CT molecular complexity index is 686. The molecule has 1 aromatic rings. The largest absolute Gasteiger partial charge is 0.466 e. The molecule has 2 atom stereocenters. The van der Waals surface area contributed by atoms with Gasteiger partial charge in [-0.05, 0) is 50.4 Å². The molecule has 0 N–H and O–H groups in total. The standard InChI is InChI=1S/C20H26N2O4/c1-3-14-7-9-16(10-8-14)22-18(23)12-17(19(22)24)21-11-5-6-15(13-21)20(25)26-4-2/h7-10,15,17H,3-6,11-13H2,1-2H3/t15-,17+/m0/s1. The van der Waals surface area contributed by atoms with Crippen LogP contribution in [-0.2, 0) is 25.5 Å². The molecule has 2 aliphatic heterocycles. The lowest BCUT2D eigenvalue weighted by molar-refractivity contribution is -0.150. The average molecular weight is 358 g/mol. The van der Waals surface area contributed by atoms with Gasteiger partial charge in [0.1, 0.15) is 0 Å². The van der Waals surface area contributed by atoms with E-state index in [1.165, 1.54) is 4.90 Å². The number of anilines is 1. The van der Waals surface area contributed by atoms with E-state index in [1.807, 2.05) is 29.2 Å². The molecule has 2 heterocycles. The van der Waals surface area contributed by atoms with Crippen LogP contribution in [0.5, 0.6) is 0 Å². The zero-order chi connectivity index (χ0) is 18.7. The number of hydrogen-bond donors (Lipinski definition) is 0. The van der Waals surface area contributed by atoms with E-state index in [1.54, 1.807) is 6.92 Å². The van der Waals surface area contributed by atoms with Crippen LogP contribution in [0.2, 0.25) is 0 Å². The highest BCUT2D eigenvalue weighted by Crippen LogP contribution is 2.29. The number of esters is 1. The maximum absolute atomic E-state index is 12.9. The predicted molar refractivity (Wildman–Crippen MR) is 97.6 cm³/mol. The Labute approximate surface area is 154 Å². The number of likely N-dealkylation sites (tertiary alicyclic amines) is 1. The van der Waals surface area contributed by atoms with Crippen molar-refractivity contribution >= 4 is 23.5 Å². The van der Waals surface area contributed by atoms with Crippen LogP contribution in [0.4, 0.5) is 5.69 Å². The Morgan fingerprint density at radius 3 is 2.58 bits per heavy atom. The molecule has 2 aliphatic rings. The lowest BCUT2D eigenvalue weighted by Gasteiger charge is -2.34. The molecule has 0 aliphatic carbocycles. The molecule has 1 aromatic carbocycles. The Morgan fingerprint density at radius 2 is 1.92 bits per heavy atom. The molecule has 3 rings (SSSR count). The molecule has 0 spiro atoms. The Hall–Kier alpha value is -2.21. The van der Waals surface area contributed by atoms with Gasteiger partial charge in [0.25, 0.3) is 5.91 Å². The molecular weight excluding hydrogens is 332 g/mol. The van der Waals surface area contributed by atoms with Crippen molar-refractivity contribution in [3.8, 4) is 0 Å². The summed E-state index contributed by atoms with van der Waals surface area (Å²) in [4.78, 5) is 40.7. The van der Waals surface area contributed by atoms with Gasteiger partial charge in [-0.25, -0.2) is 4.90 Å². The maximum atomic E-state index is 12.9. The van der Waals surface area contributed by atoms with Crippen LogP contribution < -0.4 is 4.90 Å². The first-order chi connectivity index (χ1) is 12.5. The maximum Gasteiger partial charge on any atom is 0.310 e. The van der Waals surface area contributed by atoms with Gasteiger partial charge in [0.2, 0.25) is 5.91 Å². The van der Waals surface area contributed by atoms with Crippen LogP contribution in [0, 0.1) is 5.92 Å². The molecular formula is C20H26N2O4. The van der Waals surface area contributed by atoms with Crippen molar-refractivity contribution in [2.24, 2.45) is 5.92 Å². The number of nitrogens with zero attached hydrogens (tertiary/aromatic N) is 2.